The van der Waals surface area contributed by atoms with E-state index in [4.69, 9.17) is 5.11 Å². The molecule has 0 atom stereocenters. The van der Waals surface area contributed by atoms with Crippen molar-refractivity contribution in [2.75, 3.05) is 6.79 Å². The molecule has 0 amide bonds. The van der Waals surface area contributed by atoms with Crippen molar-refractivity contribution in [2.24, 2.45) is 0 Å². The molecule has 0 bridgehead atoms. The molecule has 0 aliphatic rings. The van der Waals surface area contributed by atoms with Crippen molar-refractivity contribution < 1.29 is 14.6 Å². The van der Waals surface area contributed by atoms with Gasteiger partial charge in [0, 0.05) is 6.92 Å². The van der Waals surface area contributed by atoms with Gasteiger partial charge in [0.2, 0.25) is 0 Å². The molecule has 0 aliphatic heterocycles. The van der Waals surface area contributed by atoms with Crippen LogP contribution in [0.1, 0.15) is 6.92 Å². The number of carbonyl (C=O) groups is 1. The number of hydrogen-bond donors (Lipinski definition) is 1. The van der Waals surface area contributed by atoms with Crippen molar-refractivity contribution in [3.63, 3.8) is 0 Å². The van der Waals surface area contributed by atoms with Crippen LogP contribution in [0.5, 0.6) is 0 Å². The van der Waals surface area contributed by atoms with Gasteiger partial charge in [-0.1, -0.05) is 0 Å². The Kier molecular flexibility index (Phi) is 5.73. The number of aliphatic hydroxyl groups excluding tert-OH is 1. The van der Waals surface area contributed by atoms with Crippen molar-refractivity contribution in [3.05, 3.63) is 0 Å². The molecule has 0 radical (unpaired) electrons. The maximum absolute atomic E-state index is 9.66. The molecule has 0 saturated carbocycles. The number of aliphatic hydroxyl groups is 1. The molecule has 0 aromatic carbocycles. The first-order valence-electron chi connectivity index (χ1n) is 1.51. The molecule has 38 valence electrons. The van der Waals surface area contributed by atoms with Crippen LogP contribution >= 0.6 is 0 Å². The second-order valence-corrected chi connectivity index (χ2v) is 0.765. The summed E-state index contributed by atoms with van der Waals surface area (Å²) in [6, 6.07) is 0. The van der Waals surface area contributed by atoms with Crippen LogP contribution in [-0.4, -0.2) is 17.9 Å². The molecule has 0 unspecified atom stereocenters. The Morgan fingerprint density at radius 3 is 2.29 bits per heavy atom. The summed E-state index contributed by atoms with van der Waals surface area (Å²) < 4.78 is 3.96. The number of rotatable bonds is 1. The maximum atomic E-state index is 9.66. The summed E-state index contributed by atoms with van der Waals surface area (Å²) in [4.78, 5) is 9.66. The Labute approximate surface area is 35.5 Å². The van der Waals surface area contributed by atoms with E-state index in [0.29, 0.717) is 0 Å². The van der Waals surface area contributed by atoms with Crippen molar-refractivity contribution in [1.82, 2.24) is 0 Å². The van der Waals surface area contributed by atoms with Gasteiger partial charge in [-0.3, -0.25) is 4.79 Å². The van der Waals surface area contributed by atoms with Crippen molar-refractivity contribution in [1.29, 1.82) is 0 Å². The Bertz CT molecular complexity index is 54.1. The third-order valence-corrected chi connectivity index (χ3v) is 0.268. The molecule has 0 fully saturated rings. The van der Waals surface area contributed by atoms with Crippen LogP contribution < -0.4 is 0 Å². The second-order valence-electron chi connectivity index (χ2n) is 0.765. The number of esters is 1. The van der Waals surface area contributed by atoms with Crippen LogP contribution in [0.25, 0.3) is 0 Å². The van der Waals surface area contributed by atoms with Crippen LogP contribution in [0.2, 0.25) is 0 Å². The minimum Gasteiger partial charge on any atom is -0.439 e. The molecule has 0 spiro atoms. The molecule has 0 heterocycles. The standard InChI is InChI=1S/C3H6O3.Rf/c1-3(5)6-2-4;/h4H,2H2,1H3;. The van der Waals surface area contributed by atoms with Gasteiger partial charge < -0.3 is 9.84 Å². The topological polar surface area (TPSA) is 46.5 Å². The zero-order valence-electron chi connectivity index (χ0n) is 4.18. The molecular weight excluding hydrogens is 351 g/mol. The summed E-state index contributed by atoms with van der Waals surface area (Å²) in [6.45, 7) is 0.714. The molecule has 0 aliphatic carbocycles. The van der Waals surface area contributed by atoms with Gasteiger partial charge in [-0.15, -0.1) is 0 Å². The fourth-order valence-corrected chi connectivity index (χ4v) is 0.0909. The summed E-state index contributed by atoms with van der Waals surface area (Å²) in [5.74, 6) is -0.461. The van der Waals surface area contributed by atoms with E-state index < -0.39 is 12.8 Å². The smallest absolute Gasteiger partial charge is 0.304 e. The monoisotopic (exact) mass is 357 g/mol. The average Bonchev–Trinajstić information content (AvgIpc) is 1.35. The third-order valence-electron chi connectivity index (χ3n) is 0.268. The second kappa shape index (κ2) is 4.43. The molecule has 3 nitrogen and oxygen atoms in total. The van der Waals surface area contributed by atoms with E-state index >= 15 is 0 Å². The van der Waals surface area contributed by atoms with E-state index in [0.717, 1.165) is 0 Å². The van der Waals surface area contributed by atoms with Gasteiger partial charge in [0.25, 0.3) is 0 Å². The zero-order chi connectivity index (χ0) is 4.99. The summed E-state index contributed by atoms with van der Waals surface area (Å²) >= 11 is 0. The zero-order valence-corrected chi connectivity index (χ0v) is 10.6. The number of ether oxygens (including phenoxy) is 1. The van der Waals surface area contributed by atoms with Crippen LogP contribution in [-0.2, 0) is 9.53 Å². The van der Waals surface area contributed by atoms with Crippen molar-refractivity contribution in [2.45, 2.75) is 6.92 Å². The van der Waals surface area contributed by atoms with Crippen LogP contribution in [0.4, 0.5) is 0 Å². The Hall–Kier alpha value is -1.57. The number of hydrogen-bond acceptors (Lipinski definition) is 3. The first kappa shape index (κ1) is 9.06. The first-order valence-corrected chi connectivity index (χ1v) is 1.51. The van der Waals surface area contributed by atoms with E-state index in [1.54, 1.807) is 0 Å². The van der Waals surface area contributed by atoms with Crippen molar-refractivity contribution in [3.8, 4) is 0 Å². The van der Waals surface area contributed by atoms with E-state index in [2.05, 4.69) is 4.74 Å². The third kappa shape index (κ3) is 12.8. The fourth-order valence-electron chi connectivity index (χ4n) is 0.0909. The molecule has 0 saturated heterocycles. The van der Waals surface area contributed by atoms with Gasteiger partial charge in [0.1, 0.15) is 0 Å². The molecule has 0 rings (SSSR count). The van der Waals surface area contributed by atoms with Crippen LogP contribution in [0.3, 0.4) is 0 Å². The van der Waals surface area contributed by atoms with Gasteiger partial charge >= 0.3 is 5.97 Å². The molecule has 0 aromatic heterocycles. The Morgan fingerprint density at radius 2 is 2.29 bits per heavy atom. The first-order chi connectivity index (χ1) is 2.77. The summed E-state index contributed by atoms with van der Waals surface area (Å²) in [7, 11) is 0. The summed E-state index contributed by atoms with van der Waals surface area (Å²) in [6.07, 6.45) is 0. The van der Waals surface area contributed by atoms with Gasteiger partial charge in [-0.25, -0.2) is 0 Å². The average molecular weight is 357 g/mol. The van der Waals surface area contributed by atoms with E-state index in [9.17, 15) is 4.79 Å². The maximum Gasteiger partial charge on any atom is 0.304 e. The number of carbonyl (C=O) groups excluding carboxylic acids is 1. The van der Waals surface area contributed by atoms with E-state index in [1.807, 2.05) is 0 Å². The van der Waals surface area contributed by atoms with Crippen LogP contribution in [0, 0.1) is 0 Å². The Morgan fingerprint density at radius 1 is 1.86 bits per heavy atom. The van der Waals surface area contributed by atoms with Gasteiger partial charge in [0.05, 0.1) is 0 Å². The van der Waals surface area contributed by atoms with Gasteiger partial charge in [-0.2, -0.15) is 0 Å². The predicted octanol–water partition coefficient (Wildman–Crippen LogP) is -0.501. The molecule has 1 N–H and O–H groups in total. The quantitative estimate of drug-likeness (QED) is 0.509. The van der Waals surface area contributed by atoms with Crippen LogP contribution in [0.15, 0.2) is 0 Å². The molecule has 7 heavy (non-hydrogen) atoms. The molecular formula is C3H6O3Rf. The van der Waals surface area contributed by atoms with Gasteiger partial charge in [0.15, 0.2) is 6.79 Å². The van der Waals surface area contributed by atoms with E-state index in [1.165, 1.54) is 6.92 Å². The Balaban J connectivity index is 0. The molecule has 4 heteroatoms. The van der Waals surface area contributed by atoms with E-state index in [-0.39, 0.29) is 0 Å². The SMILES string of the molecule is CC(=O)OCO.[Rf]. The summed E-state index contributed by atoms with van der Waals surface area (Å²) in [5.41, 5.74) is 0. The minimum absolute atomic E-state index is 0. The molecule has 0 aromatic rings. The minimum atomic E-state index is -0.519. The largest absolute Gasteiger partial charge is 0.439 e. The fraction of sp³-hybridized carbons (Fsp3) is 0.667. The normalized spacial score (nSPS) is 6.57. The summed E-state index contributed by atoms with van der Waals surface area (Å²) in [5, 5.41) is 7.79. The van der Waals surface area contributed by atoms with Crippen molar-refractivity contribution >= 4 is 5.97 Å². The van der Waals surface area contributed by atoms with Gasteiger partial charge in [-0.05, 0) is 0 Å². The predicted molar refractivity (Wildman–Crippen MR) is 18.9 cm³/mol.